The van der Waals surface area contributed by atoms with Crippen LogP contribution in [0, 0.1) is 0 Å². The number of carbonyl (C=O) groups excluding carboxylic acids is 1. The van der Waals surface area contributed by atoms with E-state index in [0.29, 0.717) is 23.3 Å². The van der Waals surface area contributed by atoms with Crippen LogP contribution in [0.3, 0.4) is 0 Å². The van der Waals surface area contributed by atoms with Gasteiger partial charge in [0.15, 0.2) is 5.79 Å². The highest BCUT2D eigenvalue weighted by Crippen LogP contribution is 2.38. The van der Waals surface area contributed by atoms with E-state index < -0.39 is 5.79 Å². The molecule has 2 heterocycles. The lowest BCUT2D eigenvalue weighted by Gasteiger charge is -2.35. The quantitative estimate of drug-likeness (QED) is 0.658. The Bertz CT molecular complexity index is 932. The summed E-state index contributed by atoms with van der Waals surface area (Å²) >= 11 is 12.3. The molecule has 0 spiro atoms. The molecule has 4 rings (SSSR count). The lowest BCUT2D eigenvalue weighted by molar-refractivity contribution is -0.164. The van der Waals surface area contributed by atoms with E-state index in [1.165, 1.54) is 0 Å². The molecule has 2 aliphatic rings. The average molecular weight is 465 g/mol. The molecule has 1 amide bonds. The molecule has 0 N–H and O–H groups in total. The van der Waals surface area contributed by atoms with Gasteiger partial charge < -0.3 is 24.0 Å². The van der Waals surface area contributed by atoms with Gasteiger partial charge in [0.1, 0.15) is 18.5 Å². The number of hydrogen-bond acceptors (Lipinski definition) is 5. The summed E-state index contributed by atoms with van der Waals surface area (Å²) in [5.41, 5.74) is 1.87. The molecule has 8 heteroatoms. The van der Waals surface area contributed by atoms with E-state index in [4.69, 9.17) is 37.4 Å². The molecule has 2 aliphatic heterocycles. The van der Waals surface area contributed by atoms with Gasteiger partial charge in [0.25, 0.3) is 0 Å². The second kappa shape index (κ2) is 9.25. The Balaban J connectivity index is 1.30. The van der Waals surface area contributed by atoms with Gasteiger partial charge in [0, 0.05) is 49.4 Å². The fourth-order valence-electron chi connectivity index (χ4n) is 3.94. The summed E-state index contributed by atoms with van der Waals surface area (Å²) in [5, 5.41) is 1.08. The Morgan fingerprint density at radius 1 is 1.13 bits per heavy atom. The Kier molecular flexibility index (Phi) is 6.63. The van der Waals surface area contributed by atoms with Crippen LogP contribution in [-0.2, 0) is 20.1 Å². The van der Waals surface area contributed by atoms with E-state index in [-0.39, 0.29) is 12.0 Å². The van der Waals surface area contributed by atoms with Crippen LogP contribution in [0.1, 0.15) is 19.4 Å². The van der Waals surface area contributed by atoms with Crippen LogP contribution in [0.2, 0.25) is 10.0 Å². The Hall–Kier alpha value is -1.99. The molecule has 31 heavy (non-hydrogen) atoms. The summed E-state index contributed by atoms with van der Waals surface area (Å²) in [5.74, 6) is -0.0227. The van der Waals surface area contributed by atoms with Crippen LogP contribution < -0.4 is 9.64 Å². The van der Waals surface area contributed by atoms with Gasteiger partial charge >= 0.3 is 0 Å². The standard InChI is InChI=1S/C23H26Cl2N2O4/c1-16(28)26-9-11-27(12-10-26)18-4-6-19(7-5-18)29-14-20-15-30-23(2,31-20)21-8-3-17(24)13-22(21)25/h3-8,13,20H,9-12,14-15H2,1-2H3/t20-,23+/m0/s1. The monoisotopic (exact) mass is 464 g/mol. The average Bonchev–Trinajstić information content (AvgIpc) is 3.14. The normalized spacial score (nSPS) is 23.8. The largest absolute Gasteiger partial charge is 0.491 e. The minimum absolute atomic E-state index is 0.135. The zero-order chi connectivity index (χ0) is 22.0. The third-order valence-corrected chi connectivity index (χ3v) is 6.27. The number of halogens is 2. The van der Waals surface area contributed by atoms with Crippen molar-refractivity contribution in [2.45, 2.75) is 25.7 Å². The molecule has 2 aromatic carbocycles. The van der Waals surface area contributed by atoms with E-state index in [9.17, 15) is 4.79 Å². The first-order valence-corrected chi connectivity index (χ1v) is 11.1. The van der Waals surface area contributed by atoms with Crippen LogP contribution in [0.25, 0.3) is 0 Å². The van der Waals surface area contributed by atoms with Crippen molar-refractivity contribution in [3.8, 4) is 5.75 Å². The minimum atomic E-state index is -0.929. The van der Waals surface area contributed by atoms with E-state index in [2.05, 4.69) is 4.90 Å². The van der Waals surface area contributed by atoms with Crippen molar-refractivity contribution >= 4 is 34.8 Å². The molecule has 2 aromatic rings. The molecule has 0 bridgehead atoms. The topological polar surface area (TPSA) is 51.2 Å². The summed E-state index contributed by atoms with van der Waals surface area (Å²) in [6.07, 6.45) is -0.212. The molecule has 2 fully saturated rings. The van der Waals surface area contributed by atoms with Crippen LogP contribution in [0.5, 0.6) is 5.75 Å². The summed E-state index contributed by atoms with van der Waals surface area (Å²) in [6, 6.07) is 13.3. The van der Waals surface area contributed by atoms with Crippen molar-refractivity contribution in [2.75, 3.05) is 44.3 Å². The molecule has 0 aromatic heterocycles. The fraction of sp³-hybridized carbons (Fsp3) is 0.435. The SMILES string of the molecule is CC(=O)N1CCN(c2ccc(OC[C@H]3CO[C@@](C)(c4ccc(Cl)cc4Cl)O3)cc2)CC1. The highest BCUT2D eigenvalue weighted by Gasteiger charge is 2.40. The van der Waals surface area contributed by atoms with E-state index >= 15 is 0 Å². The van der Waals surface area contributed by atoms with Crippen LogP contribution in [-0.4, -0.2) is 56.3 Å². The van der Waals surface area contributed by atoms with Crippen molar-refractivity contribution in [1.82, 2.24) is 4.90 Å². The molecule has 2 atom stereocenters. The molecule has 0 radical (unpaired) electrons. The number of hydrogen-bond donors (Lipinski definition) is 0. The third kappa shape index (κ3) is 5.09. The fourth-order valence-corrected chi connectivity index (χ4v) is 4.52. The molecule has 6 nitrogen and oxygen atoms in total. The van der Waals surface area contributed by atoms with Crippen molar-refractivity contribution in [3.63, 3.8) is 0 Å². The maximum Gasteiger partial charge on any atom is 0.219 e. The van der Waals surface area contributed by atoms with Gasteiger partial charge in [-0.1, -0.05) is 29.3 Å². The second-order valence-corrected chi connectivity index (χ2v) is 8.76. The van der Waals surface area contributed by atoms with Crippen LogP contribution >= 0.6 is 23.2 Å². The lowest BCUT2D eigenvalue weighted by Crippen LogP contribution is -2.48. The van der Waals surface area contributed by atoms with Gasteiger partial charge in [0.2, 0.25) is 5.91 Å². The van der Waals surface area contributed by atoms with Gasteiger partial charge in [-0.2, -0.15) is 0 Å². The van der Waals surface area contributed by atoms with Gasteiger partial charge in [-0.15, -0.1) is 0 Å². The molecule has 166 valence electrons. The molecule has 2 saturated heterocycles. The summed E-state index contributed by atoms with van der Waals surface area (Å²) in [4.78, 5) is 15.6. The van der Waals surface area contributed by atoms with Gasteiger partial charge in [0.05, 0.1) is 11.6 Å². The second-order valence-electron chi connectivity index (χ2n) is 7.92. The number of carbonyl (C=O) groups is 1. The number of ether oxygens (including phenoxy) is 3. The molecular weight excluding hydrogens is 439 g/mol. The maximum absolute atomic E-state index is 11.5. The van der Waals surface area contributed by atoms with Crippen molar-refractivity contribution in [3.05, 3.63) is 58.1 Å². The first kappa shape index (κ1) is 22.2. The van der Waals surface area contributed by atoms with Crippen LogP contribution in [0.4, 0.5) is 5.69 Å². The van der Waals surface area contributed by atoms with Crippen molar-refractivity contribution in [2.24, 2.45) is 0 Å². The number of nitrogens with zero attached hydrogens (tertiary/aromatic N) is 2. The van der Waals surface area contributed by atoms with E-state index in [1.807, 2.05) is 42.2 Å². The first-order valence-electron chi connectivity index (χ1n) is 10.3. The highest BCUT2D eigenvalue weighted by atomic mass is 35.5. The number of rotatable bonds is 5. The van der Waals surface area contributed by atoms with Gasteiger partial charge in [-0.3, -0.25) is 4.79 Å². The third-order valence-electron chi connectivity index (χ3n) is 5.72. The number of anilines is 1. The first-order chi connectivity index (χ1) is 14.8. The molecular formula is C23H26Cl2N2O4. The van der Waals surface area contributed by atoms with Crippen molar-refractivity contribution < 1.29 is 19.0 Å². The predicted molar refractivity (Wildman–Crippen MR) is 121 cm³/mol. The molecule has 0 saturated carbocycles. The van der Waals surface area contributed by atoms with Crippen LogP contribution in [0.15, 0.2) is 42.5 Å². The van der Waals surface area contributed by atoms with E-state index in [1.54, 1.807) is 19.1 Å². The minimum Gasteiger partial charge on any atom is -0.491 e. The summed E-state index contributed by atoms with van der Waals surface area (Å²) < 4.78 is 17.9. The van der Waals surface area contributed by atoms with Crippen molar-refractivity contribution in [1.29, 1.82) is 0 Å². The van der Waals surface area contributed by atoms with Gasteiger partial charge in [-0.25, -0.2) is 0 Å². The zero-order valence-corrected chi connectivity index (χ0v) is 19.2. The maximum atomic E-state index is 11.5. The predicted octanol–water partition coefficient (Wildman–Crippen LogP) is 4.33. The number of piperazine rings is 1. The zero-order valence-electron chi connectivity index (χ0n) is 17.6. The Morgan fingerprint density at radius 3 is 2.48 bits per heavy atom. The highest BCUT2D eigenvalue weighted by molar-refractivity contribution is 6.35. The van der Waals surface area contributed by atoms with E-state index in [0.717, 1.165) is 43.2 Å². The number of amides is 1. The smallest absolute Gasteiger partial charge is 0.219 e. The number of benzene rings is 2. The Morgan fingerprint density at radius 2 is 1.84 bits per heavy atom. The summed E-state index contributed by atoms with van der Waals surface area (Å²) in [7, 11) is 0. The van der Waals surface area contributed by atoms with Gasteiger partial charge in [-0.05, 0) is 43.3 Å². The Labute approximate surface area is 192 Å². The lowest BCUT2D eigenvalue weighted by atomic mass is 10.1. The molecule has 0 aliphatic carbocycles. The summed E-state index contributed by atoms with van der Waals surface area (Å²) in [6.45, 7) is 7.42. The molecule has 0 unspecified atom stereocenters.